The molecule has 0 aromatic carbocycles. The minimum atomic E-state index is -0.492. The Labute approximate surface area is 60.5 Å². The molecule has 0 spiro atoms. The van der Waals surface area contributed by atoms with Crippen molar-refractivity contribution in [1.82, 2.24) is 0 Å². The summed E-state index contributed by atoms with van der Waals surface area (Å²) in [7, 11) is 0. The highest BCUT2D eigenvalue weighted by Crippen LogP contribution is 2.20. The zero-order valence-corrected chi connectivity index (χ0v) is 6.51. The number of aliphatic hydroxyl groups excluding tert-OH is 1. The first-order chi connectivity index (χ1) is 4.61. The van der Waals surface area contributed by atoms with Crippen LogP contribution in [0.1, 0.15) is 30.1 Å². The molecule has 1 aromatic rings. The second kappa shape index (κ2) is 2.46. The van der Waals surface area contributed by atoms with Crippen molar-refractivity contribution in [3.05, 3.63) is 23.2 Å². The maximum absolute atomic E-state index is 9.12. The Morgan fingerprint density at radius 1 is 1.50 bits per heavy atom. The van der Waals surface area contributed by atoms with Crippen LogP contribution >= 0.6 is 0 Å². The van der Waals surface area contributed by atoms with Gasteiger partial charge in [0.1, 0.15) is 17.6 Å². The quantitative estimate of drug-likeness (QED) is 0.646. The highest BCUT2D eigenvalue weighted by molar-refractivity contribution is 5.20. The average Bonchev–Trinajstić information content (AvgIpc) is 2.10. The summed E-state index contributed by atoms with van der Waals surface area (Å²) in [5.41, 5.74) is 1.02. The number of hydrogen-bond donors (Lipinski definition) is 1. The zero-order valence-electron chi connectivity index (χ0n) is 6.51. The number of aryl methyl sites for hydroxylation is 2. The lowest BCUT2D eigenvalue weighted by atomic mass is 10.2. The Balaban J connectivity index is 3.03. The summed E-state index contributed by atoms with van der Waals surface area (Å²) in [6, 6.07) is 1.92. The molecule has 1 rings (SSSR count). The van der Waals surface area contributed by atoms with E-state index in [-0.39, 0.29) is 0 Å². The minimum absolute atomic E-state index is 0.492. The van der Waals surface area contributed by atoms with Gasteiger partial charge in [0.25, 0.3) is 0 Å². The number of furan rings is 1. The van der Waals surface area contributed by atoms with Crippen LogP contribution in [0.5, 0.6) is 0 Å². The van der Waals surface area contributed by atoms with Crippen LogP contribution in [0.4, 0.5) is 0 Å². The molecule has 1 N–H and O–H groups in total. The van der Waals surface area contributed by atoms with Gasteiger partial charge in [0, 0.05) is 0 Å². The summed E-state index contributed by atoms with van der Waals surface area (Å²) < 4.78 is 5.23. The lowest BCUT2D eigenvalue weighted by molar-refractivity contribution is 0.167. The molecule has 56 valence electrons. The van der Waals surface area contributed by atoms with Gasteiger partial charge >= 0.3 is 0 Å². The van der Waals surface area contributed by atoms with E-state index in [0.717, 1.165) is 11.3 Å². The van der Waals surface area contributed by atoms with Crippen LogP contribution < -0.4 is 0 Å². The fourth-order valence-corrected chi connectivity index (χ4v) is 1.07. The summed E-state index contributed by atoms with van der Waals surface area (Å²) in [5, 5.41) is 9.12. The molecule has 0 aliphatic rings. The van der Waals surface area contributed by atoms with E-state index in [2.05, 4.69) is 0 Å². The molecule has 0 saturated heterocycles. The lowest BCUT2D eigenvalue weighted by Crippen LogP contribution is -1.89. The molecule has 0 fully saturated rings. The van der Waals surface area contributed by atoms with Gasteiger partial charge in [0.2, 0.25) is 0 Å². The van der Waals surface area contributed by atoms with Crippen LogP contribution in [0.25, 0.3) is 0 Å². The molecule has 2 nitrogen and oxygen atoms in total. The molecule has 0 amide bonds. The van der Waals surface area contributed by atoms with E-state index in [1.807, 2.05) is 19.9 Å². The minimum Gasteiger partial charge on any atom is -0.463 e. The standard InChI is InChI=1S/C8H12O2/c1-5-4-6(2)10-8(5)7(3)9/h4,7,9H,1-3H3. The molecule has 0 bridgehead atoms. The molecule has 1 atom stereocenters. The number of rotatable bonds is 1. The summed E-state index contributed by atoms with van der Waals surface area (Å²) >= 11 is 0. The first-order valence-electron chi connectivity index (χ1n) is 3.36. The maximum Gasteiger partial charge on any atom is 0.135 e. The van der Waals surface area contributed by atoms with Crippen LogP contribution in [-0.2, 0) is 0 Å². The molecule has 0 saturated carbocycles. The second-order valence-corrected chi connectivity index (χ2v) is 2.58. The normalized spacial score (nSPS) is 13.6. The van der Waals surface area contributed by atoms with E-state index in [1.54, 1.807) is 6.92 Å². The van der Waals surface area contributed by atoms with Crippen molar-refractivity contribution in [3.63, 3.8) is 0 Å². The molecule has 0 radical (unpaired) electrons. The van der Waals surface area contributed by atoms with Crippen molar-refractivity contribution in [2.45, 2.75) is 26.9 Å². The Kier molecular flexibility index (Phi) is 1.81. The zero-order chi connectivity index (χ0) is 7.72. The predicted molar refractivity (Wildman–Crippen MR) is 38.8 cm³/mol. The maximum atomic E-state index is 9.12. The molecule has 10 heavy (non-hydrogen) atoms. The molecular weight excluding hydrogens is 128 g/mol. The highest BCUT2D eigenvalue weighted by Gasteiger charge is 2.09. The average molecular weight is 140 g/mol. The molecule has 1 unspecified atom stereocenters. The monoisotopic (exact) mass is 140 g/mol. The van der Waals surface area contributed by atoms with Crippen molar-refractivity contribution in [2.24, 2.45) is 0 Å². The van der Waals surface area contributed by atoms with Crippen molar-refractivity contribution in [1.29, 1.82) is 0 Å². The molecule has 0 aliphatic carbocycles. The number of aliphatic hydroxyl groups is 1. The van der Waals surface area contributed by atoms with Gasteiger partial charge in [-0.3, -0.25) is 0 Å². The third-order valence-electron chi connectivity index (χ3n) is 1.46. The highest BCUT2D eigenvalue weighted by atomic mass is 16.4. The Morgan fingerprint density at radius 3 is 2.30 bits per heavy atom. The van der Waals surface area contributed by atoms with Crippen molar-refractivity contribution >= 4 is 0 Å². The Morgan fingerprint density at radius 2 is 2.10 bits per heavy atom. The Bertz CT molecular complexity index is 223. The van der Waals surface area contributed by atoms with Crippen molar-refractivity contribution in [3.8, 4) is 0 Å². The summed E-state index contributed by atoms with van der Waals surface area (Å²) in [6.45, 7) is 5.50. The molecule has 1 aromatic heterocycles. The van der Waals surface area contributed by atoms with Crippen LogP contribution in [0.3, 0.4) is 0 Å². The molecular formula is C8H12O2. The SMILES string of the molecule is Cc1cc(C)c(C(C)O)o1. The van der Waals surface area contributed by atoms with Gasteiger partial charge < -0.3 is 9.52 Å². The van der Waals surface area contributed by atoms with E-state index >= 15 is 0 Å². The van der Waals surface area contributed by atoms with Crippen LogP contribution in [0.2, 0.25) is 0 Å². The van der Waals surface area contributed by atoms with Crippen LogP contribution in [0.15, 0.2) is 10.5 Å². The topological polar surface area (TPSA) is 33.4 Å². The third-order valence-corrected chi connectivity index (χ3v) is 1.46. The smallest absolute Gasteiger partial charge is 0.135 e. The van der Waals surface area contributed by atoms with E-state index in [4.69, 9.17) is 9.52 Å². The first-order valence-corrected chi connectivity index (χ1v) is 3.36. The van der Waals surface area contributed by atoms with Gasteiger partial charge in [-0.25, -0.2) is 0 Å². The molecule has 0 aliphatic heterocycles. The van der Waals surface area contributed by atoms with Crippen molar-refractivity contribution in [2.75, 3.05) is 0 Å². The van der Waals surface area contributed by atoms with E-state index in [1.165, 1.54) is 0 Å². The predicted octanol–water partition coefficient (Wildman–Crippen LogP) is 1.95. The molecule has 1 heterocycles. The largest absolute Gasteiger partial charge is 0.463 e. The fourth-order valence-electron chi connectivity index (χ4n) is 1.07. The van der Waals surface area contributed by atoms with Crippen LogP contribution in [0, 0.1) is 13.8 Å². The van der Waals surface area contributed by atoms with E-state index < -0.39 is 6.10 Å². The van der Waals surface area contributed by atoms with Gasteiger partial charge in [-0.1, -0.05) is 0 Å². The van der Waals surface area contributed by atoms with Gasteiger partial charge in [-0.05, 0) is 32.4 Å². The van der Waals surface area contributed by atoms with Crippen LogP contribution in [-0.4, -0.2) is 5.11 Å². The van der Waals surface area contributed by atoms with Gasteiger partial charge in [-0.2, -0.15) is 0 Å². The third kappa shape index (κ3) is 1.21. The van der Waals surface area contributed by atoms with E-state index in [9.17, 15) is 0 Å². The Hall–Kier alpha value is -0.760. The van der Waals surface area contributed by atoms with Gasteiger partial charge in [0.05, 0.1) is 0 Å². The molecule has 2 heteroatoms. The van der Waals surface area contributed by atoms with E-state index in [0.29, 0.717) is 5.76 Å². The summed E-state index contributed by atoms with van der Waals surface area (Å²) in [6.07, 6.45) is -0.492. The fraction of sp³-hybridized carbons (Fsp3) is 0.500. The summed E-state index contributed by atoms with van der Waals surface area (Å²) in [4.78, 5) is 0. The second-order valence-electron chi connectivity index (χ2n) is 2.58. The summed E-state index contributed by atoms with van der Waals surface area (Å²) in [5.74, 6) is 1.53. The number of hydrogen-bond acceptors (Lipinski definition) is 2. The first kappa shape index (κ1) is 7.35. The lowest BCUT2D eigenvalue weighted by Gasteiger charge is -1.99. The van der Waals surface area contributed by atoms with Crippen molar-refractivity contribution < 1.29 is 9.52 Å². The van der Waals surface area contributed by atoms with Gasteiger partial charge in [-0.15, -0.1) is 0 Å². The van der Waals surface area contributed by atoms with Gasteiger partial charge in [0.15, 0.2) is 0 Å².